The van der Waals surface area contributed by atoms with Crippen LogP contribution < -0.4 is 4.90 Å². The number of hydrogen-bond acceptors (Lipinski definition) is 3. The zero-order chi connectivity index (χ0) is 25.9. The molecule has 0 aliphatic carbocycles. The van der Waals surface area contributed by atoms with Gasteiger partial charge in [0.1, 0.15) is 5.75 Å². The van der Waals surface area contributed by atoms with Gasteiger partial charge in [-0.3, -0.25) is 4.90 Å². The van der Waals surface area contributed by atoms with Crippen molar-refractivity contribution in [1.29, 1.82) is 0 Å². The molecule has 1 aliphatic heterocycles. The van der Waals surface area contributed by atoms with Crippen LogP contribution in [0.15, 0.2) is 72.8 Å². The molecular weight excluding hydrogens is 482 g/mol. The van der Waals surface area contributed by atoms with Gasteiger partial charge in [0.05, 0.1) is 16.8 Å². The highest BCUT2D eigenvalue weighted by Gasteiger charge is 2.37. The monoisotopic (exact) mass is 507 g/mol. The van der Waals surface area contributed by atoms with Gasteiger partial charge < -0.3 is 10.0 Å². The number of hydrogen-bond donors (Lipinski definition) is 1. The van der Waals surface area contributed by atoms with Gasteiger partial charge in [0.2, 0.25) is 0 Å². The number of phenols is 1. The highest BCUT2D eigenvalue weighted by molar-refractivity contribution is 5.57. The van der Waals surface area contributed by atoms with E-state index in [1.807, 2.05) is 42.5 Å². The van der Waals surface area contributed by atoms with E-state index in [4.69, 9.17) is 0 Å². The first kappa shape index (κ1) is 25.9. The normalized spacial score (nSPS) is 16.2. The third-order valence-electron chi connectivity index (χ3n) is 6.30. The van der Waals surface area contributed by atoms with Crippen molar-refractivity contribution in [2.45, 2.75) is 24.8 Å². The van der Waals surface area contributed by atoms with Crippen LogP contribution in [-0.4, -0.2) is 36.2 Å². The van der Waals surface area contributed by atoms with Gasteiger partial charge in [-0.1, -0.05) is 42.5 Å². The Balaban J connectivity index is 1.54. The Morgan fingerprint density at radius 2 is 1.31 bits per heavy atom. The van der Waals surface area contributed by atoms with E-state index < -0.39 is 23.5 Å². The van der Waals surface area contributed by atoms with E-state index in [0.717, 1.165) is 23.4 Å². The van der Waals surface area contributed by atoms with Crippen LogP contribution >= 0.6 is 0 Å². The van der Waals surface area contributed by atoms with Crippen LogP contribution in [0.2, 0.25) is 0 Å². The van der Waals surface area contributed by atoms with E-state index in [1.54, 1.807) is 18.6 Å². The van der Waals surface area contributed by atoms with Crippen molar-refractivity contribution in [3.8, 4) is 5.75 Å². The molecule has 0 aromatic heterocycles. The summed E-state index contributed by atoms with van der Waals surface area (Å²) in [6.45, 7) is 2.41. The maximum atomic E-state index is 13.3. The number of piperazine rings is 1. The predicted octanol–water partition coefficient (Wildman–Crippen LogP) is 6.74. The van der Waals surface area contributed by atoms with Crippen molar-refractivity contribution >= 4 is 5.69 Å². The zero-order valence-electron chi connectivity index (χ0n) is 19.2. The third kappa shape index (κ3) is 6.13. The number of aromatic hydroxyl groups is 1. The Hall–Kier alpha value is -3.20. The average molecular weight is 507 g/mol. The highest BCUT2D eigenvalue weighted by atomic mass is 19.4. The van der Waals surface area contributed by atoms with Crippen molar-refractivity contribution in [1.82, 2.24) is 4.90 Å². The molecule has 3 aromatic carbocycles. The smallest absolute Gasteiger partial charge is 0.416 e. The number of nitrogens with zero attached hydrogens (tertiary/aromatic N) is 2. The first-order chi connectivity index (χ1) is 17.0. The van der Waals surface area contributed by atoms with Gasteiger partial charge in [0.15, 0.2) is 0 Å². The van der Waals surface area contributed by atoms with E-state index in [-0.39, 0.29) is 29.8 Å². The first-order valence-electron chi connectivity index (χ1n) is 11.5. The summed E-state index contributed by atoms with van der Waals surface area (Å²) in [5, 5.41) is 10.2. The second-order valence-corrected chi connectivity index (χ2v) is 8.72. The highest BCUT2D eigenvalue weighted by Crippen LogP contribution is 2.37. The summed E-state index contributed by atoms with van der Waals surface area (Å²) < 4.78 is 79.7. The van der Waals surface area contributed by atoms with Crippen molar-refractivity contribution in [3.63, 3.8) is 0 Å². The fourth-order valence-corrected chi connectivity index (χ4v) is 4.50. The Morgan fingerprint density at radius 3 is 1.86 bits per heavy atom. The lowest BCUT2D eigenvalue weighted by Gasteiger charge is -2.40. The van der Waals surface area contributed by atoms with Gasteiger partial charge in [-0.05, 0) is 54.3 Å². The van der Waals surface area contributed by atoms with Crippen LogP contribution in [0.5, 0.6) is 5.75 Å². The van der Waals surface area contributed by atoms with Crippen LogP contribution in [0.25, 0.3) is 0 Å². The fourth-order valence-electron chi connectivity index (χ4n) is 4.50. The molecule has 1 radical (unpaired) electrons. The van der Waals surface area contributed by atoms with Gasteiger partial charge in [-0.25, -0.2) is 0 Å². The van der Waals surface area contributed by atoms with Gasteiger partial charge in [-0.15, -0.1) is 0 Å². The van der Waals surface area contributed by atoms with E-state index in [1.165, 1.54) is 0 Å². The molecule has 1 N–H and O–H groups in total. The molecule has 1 unspecified atom stereocenters. The molecule has 36 heavy (non-hydrogen) atoms. The number of rotatable bonds is 6. The molecule has 1 fully saturated rings. The molecule has 3 nitrogen and oxygen atoms in total. The van der Waals surface area contributed by atoms with Gasteiger partial charge in [0, 0.05) is 32.2 Å². The van der Waals surface area contributed by atoms with Gasteiger partial charge >= 0.3 is 12.4 Å². The summed E-state index contributed by atoms with van der Waals surface area (Å²) in [7, 11) is 0. The lowest BCUT2D eigenvalue weighted by atomic mass is 9.95. The standard InChI is InChI=1S/C27H25F6N2O/c28-26(29,30)21-16-19(17-22(18-21)27(31,32)33)10-11-23(20-6-2-1-3-7-20)34-12-14-35(15-13-34)24-8-4-5-9-25(24)36/h1-9,11,16-18,23,36H,10,12-15H2. The number of anilines is 1. The predicted molar refractivity (Wildman–Crippen MR) is 126 cm³/mol. The van der Waals surface area contributed by atoms with Gasteiger partial charge in [0.25, 0.3) is 0 Å². The molecule has 1 aliphatic rings. The number of halogens is 6. The number of para-hydroxylation sites is 2. The molecule has 0 amide bonds. The zero-order valence-corrected chi connectivity index (χ0v) is 19.2. The lowest BCUT2D eigenvalue weighted by Crippen LogP contribution is -2.48. The molecular formula is C27H25F6N2O. The van der Waals surface area contributed by atoms with Crippen molar-refractivity contribution in [2.24, 2.45) is 0 Å². The summed E-state index contributed by atoms with van der Waals surface area (Å²) in [5.41, 5.74) is -1.05. The topological polar surface area (TPSA) is 26.7 Å². The fraction of sp³-hybridized carbons (Fsp3) is 0.296. The van der Waals surface area contributed by atoms with Crippen LogP contribution in [0, 0.1) is 6.42 Å². The van der Waals surface area contributed by atoms with Crippen LogP contribution in [0.4, 0.5) is 32.0 Å². The average Bonchev–Trinajstić information content (AvgIpc) is 2.84. The third-order valence-corrected chi connectivity index (χ3v) is 6.30. The molecule has 0 bridgehead atoms. The molecule has 1 heterocycles. The van der Waals surface area contributed by atoms with Crippen LogP contribution in [0.3, 0.4) is 0 Å². The van der Waals surface area contributed by atoms with Crippen molar-refractivity contribution in [3.05, 3.63) is 101 Å². The quantitative estimate of drug-likeness (QED) is 0.375. The van der Waals surface area contributed by atoms with E-state index in [2.05, 4.69) is 9.80 Å². The van der Waals surface area contributed by atoms with E-state index >= 15 is 0 Å². The molecule has 191 valence electrons. The maximum Gasteiger partial charge on any atom is 0.416 e. The molecule has 4 rings (SSSR count). The van der Waals surface area contributed by atoms with E-state index in [9.17, 15) is 31.4 Å². The summed E-state index contributed by atoms with van der Waals surface area (Å²) in [6, 6.07) is 17.8. The molecule has 1 atom stereocenters. The Labute approximate surface area is 205 Å². The Bertz CT molecular complexity index is 1120. The minimum absolute atomic E-state index is 0.0501. The van der Waals surface area contributed by atoms with Crippen molar-refractivity contribution < 1.29 is 31.4 Å². The largest absolute Gasteiger partial charge is 0.506 e. The summed E-state index contributed by atoms with van der Waals surface area (Å²) >= 11 is 0. The second kappa shape index (κ2) is 10.4. The van der Waals surface area contributed by atoms with Gasteiger partial charge in [-0.2, -0.15) is 26.3 Å². The van der Waals surface area contributed by atoms with E-state index in [0.29, 0.717) is 26.2 Å². The number of benzene rings is 3. The van der Waals surface area contributed by atoms with Crippen LogP contribution in [-0.2, 0) is 18.8 Å². The summed E-state index contributed by atoms with van der Waals surface area (Å²) in [6.07, 6.45) is -8.06. The molecule has 9 heteroatoms. The minimum atomic E-state index is -4.88. The molecule has 1 saturated heterocycles. The lowest BCUT2D eigenvalue weighted by molar-refractivity contribution is -0.143. The Morgan fingerprint density at radius 1 is 0.750 bits per heavy atom. The summed E-state index contributed by atoms with van der Waals surface area (Å²) in [4.78, 5) is 4.19. The number of alkyl halides is 6. The minimum Gasteiger partial charge on any atom is -0.506 e. The number of phenolic OH excluding ortho intramolecular Hbond substituents is 1. The van der Waals surface area contributed by atoms with Crippen LogP contribution in [0.1, 0.15) is 28.3 Å². The summed E-state index contributed by atoms with van der Waals surface area (Å²) in [5.74, 6) is 0.183. The molecule has 3 aromatic rings. The SMILES string of the molecule is Oc1ccccc1N1CCN(C([CH]Cc2cc(C(F)(F)F)cc(C(F)(F)F)c2)c2ccccc2)CC1. The second-order valence-electron chi connectivity index (χ2n) is 8.72. The first-order valence-corrected chi connectivity index (χ1v) is 11.5. The Kier molecular flexibility index (Phi) is 7.49. The molecule has 0 spiro atoms. The van der Waals surface area contributed by atoms with Crippen molar-refractivity contribution in [2.75, 3.05) is 31.1 Å². The maximum absolute atomic E-state index is 13.3. The molecule has 0 saturated carbocycles.